The molecule has 2 N–H and O–H groups in total. The van der Waals surface area contributed by atoms with E-state index in [1.807, 2.05) is 39.1 Å². The zero-order valence-electron chi connectivity index (χ0n) is 12.8. The molecule has 1 heterocycles. The molecule has 0 spiro atoms. The summed E-state index contributed by atoms with van der Waals surface area (Å²) in [4.78, 5) is 26.1. The van der Waals surface area contributed by atoms with Crippen LogP contribution < -0.4 is 10.7 Å². The van der Waals surface area contributed by atoms with Crippen molar-refractivity contribution in [2.45, 2.75) is 13.8 Å². The molecule has 114 valence electrons. The maximum Gasteiger partial charge on any atom is 0.323 e. The number of hydrogen-bond donors (Lipinski definition) is 2. The van der Waals surface area contributed by atoms with Gasteiger partial charge in [0.05, 0.1) is 0 Å². The van der Waals surface area contributed by atoms with Crippen molar-refractivity contribution in [1.29, 1.82) is 0 Å². The van der Waals surface area contributed by atoms with Crippen LogP contribution in [0, 0.1) is 13.8 Å². The van der Waals surface area contributed by atoms with Gasteiger partial charge in [-0.05, 0) is 32.0 Å². The van der Waals surface area contributed by atoms with E-state index in [-0.39, 0.29) is 0 Å². The largest absolute Gasteiger partial charge is 0.323 e. The Morgan fingerprint density at radius 1 is 1.00 bits per heavy atom. The Morgan fingerprint density at radius 3 is 2.14 bits per heavy atom. The van der Waals surface area contributed by atoms with Crippen molar-refractivity contribution in [3.05, 3.63) is 29.3 Å². The van der Waals surface area contributed by atoms with Crippen molar-refractivity contribution < 1.29 is 9.59 Å². The van der Waals surface area contributed by atoms with Crippen LogP contribution in [0.4, 0.5) is 5.69 Å². The standard InChI is InChI=1S/C15H22N4O2/c1-11-5-4-6-12(2)13(11)16-14(20)15(21)17-19-9-7-18(3)8-10-19/h4-6H,7-10H2,1-3H3,(H,16,20)(H,17,21). The van der Waals surface area contributed by atoms with Crippen LogP contribution in [0.2, 0.25) is 0 Å². The Hall–Kier alpha value is -1.92. The first-order valence-electron chi connectivity index (χ1n) is 7.09. The van der Waals surface area contributed by atoms with E-state index in [9.17, 15) is 9.59 Å². The molecule has 1 fully saturated rings. The van der Waals surface area contributed by atoms with Gasteiger partial charge in [0.1, 0.15) is 0 Å². The van der Waals surface area contributed by atoms with Gasteiger partial charge in [-0.1, -0.05) is 18.2 Å². The third-order valence-corrected chi connectivity index (χ3v) is 3.69. The molecular formula is C15H22N4O2. The number of carbonyl (C=O) groups excluding carboxylic acids is 2. The summed E-state index contributed by atoms with van der Waals surface area (Å²) in [7, 11) is 2.03. The maximum atomic E-state index is 12.0. The highest BCUT2D eigenvalue weighted by atomic mass is 16.2. The third-order valence-electron chi connectivity index (χ3n) is 3.69. The third kappa shape index (κ3) is 4.03. The highest BCUT2D eigenvalue weighted by Crippen LogP contribution is 2.19. The van der Waals surface area contributed by atoms with Crippen LogP contribution in [0.25, 0.3) is 0 Å². The fraction of sp³-hybridized carbons (Fsp3) is 0.467. The number of benzene rings is 1. The summed E-state index contributed by atoms with van der Waals surface area (Å²) < 4.78 is 0. The number of amides is 2. The SMILES string of the molecule is Cc1cccc(C)c1NC(=O)C(=O)NN1CCN(C)CC1. The van der Waals surface area contributed by atoms with E-state index in [0.29, 0.717) is 5.69 Å². The molecule has 0 aliphatic carbocycles. The number of anilines is 1. The van der Waals surface area contributed by atoms with Gasteiger partial charge in [0.15, 0.2) is 0 Å². The number of para-hydroxylation sites is 1. The first-order chi connectivity index (χ1) is 9.97. The molecule has 2 amide bonds. The van der Waals surface area contributed by atoms with Crippen molar-refractivity contribution in [2.24, 2.45) is 0 Å². The van der Waals surface area contributed by atoms with Gasteiger partial charge < -0.3 is 10.2 Å². The molecule has 6 nitrogen and oxygen atoms in total. The zero-order chi connectivity index (χ0) is 15.4. The van der Waals surface area contributed by atoms with Gasteiger partial charge in [-0.25, -0.2) is 5.01 Å². The van der Waals surface area contributed by atoms with Gasteiger partial charge in [-0.2, -0.15) is 0 Å². The lowest BCUT2D eigenvalue weighted by atomic mass is 10.1. The van der Waals surface area contributed by atoms with E-state index < -0.39 is 11.8 Å². The number of hydrazine groups is 1. The molecule has 0 bridgehead atoms. The molecule has 1 aromatic rings. The normalized spacial score (nSPS) is 16.5. The van der Waals surface area contributed by atoms with Crippen molar-refractivity contribution in [1.82, 2.24) is 15.3 Å². The van der Waals surface area contributed by atoms with Gasteiger partial charge in [-0.3, -0.25) is 15.0 Å². The summed E-state index contributed by atoms with van der Waals surface area (Å²) in [6, 6.07) is 5.73. The molecule has 0 unspecified atom stereocenters. The van der Waals surface area contributed by atoms with Gasteiger partial charge >= 0.3 is 11.8 Å². The molecule has 1 aliphatic heterocycles. The van der Waals surface area contributed by atoms with Gasteiger partial charge in [0.2, 0.25) is 0 Å². The van der Waals surface area contributed by atoms with Crippen LogP contribution in [-0.2, 0) is 9.59 Å². The molecule has 21 heavy (non-hydrogen) atoms. The lowest BCUT2D eigenvalue weighted by molar-refractivity contribution is -0.139. The van der Waals surface area contributed by atoms with E-state index >= 15 is 0 Å². The number of piperazine rings is 1. The minimum atomic E-state index is -0.633. The monoisotopic (exact) mass is 290 g/mol. The van der Waals surface area contributed by atoms with Crippen molar-refractivity contribution >= 4 is 17.5 Å². The van der Waals surface area contributed by atoms with E-state index in [1.165, 1.54) is 0 Å². The van der Waals surface area contributed by atoms with Crippen LogP contribution in [0.1, 0.15) is 11.1 Å². The molecule has 1 saturated heterocycles. The summed E-state index contributed by atoms with van der Waals surface area (Å²) in [5.41, 5.74) is 5.24. The summed E-state index contributed by atoms with van der Waals surface area (Å²) in [5, 5.41) is 4.47. The van der Waals surface area contributed by atoms with Crippen molar-refractivity contribution in [3.63, 3.8) is 0 Å². The number of rotatable bonds is 2. The van der Waals surface area contributed by atoms with Crippen molar-refractivity contribution in [3.8, 4) is 0 Å². The first-order valence-corrected chi connectivity index (χ1v) is 7.09. The average Bonchev–Trinajstić information content (AvgIpc) is 2.45. The van der Waals surface area contributed by atoms with Crippen molar-refractivity contribution in [2.75, 3.05) is 38.5 Å². The smallest absolute Gasteiger partial charge is 0.317 e. The quantitative estimate of drug-likeness (QED) is 0.780. The van der Waals surface area contributed by atoms with Crippen LogP contribution >= 0.6 is 0 Å². The Morgan fingerprint density at radius 2 is 1.57 bits per heavy atom. The van der Waals surface area contributed by atoms with E-state index in [2.05, 4.69) is 15.6 Å². The van der Waals surface area contributed by atoms with Crippen LogP contribution in [-0.4, -0.2) is 54.9 Å². The fourth-order valence-corrected chi connectivity index (χ4v) is 2.29. The molecule has 0 saturated carbocycles. The first kappa shape index (κ1) is 15.5. The Balaban J connectivity index is 1.92. The van der Waals surface area contributed by atoms with E-state index in [0.717, 1.165) is 37.3 Å². The second-order valence-electron chi connectivity index (χ2n) is 5.45. The fourth-order valence-electron chi connectivity index (χ4n) is 2.29. The van der Waals surface area contributed by atoms with E-state index in [4.69, 9.17) is 0 Å². The van der Waals surface area contributed by atoms with Gasteiger partial charge in [-0.15, -0.1) is 0 Å². The summed E-state index contributed by atoms with van der Waals surface area (Å²) in [6.45, 7) is 7.00. The molecule has 0 aromatic heterocycles. The Kier molecular flexibility index (Phi) is 4.93. The second-order valence-corrected chi connectivity index (χ2v) is 5.45. The predicted octanol–water partition coefficient (Wildman–Crippen LogP) is 0.521. The maximum absolute atomic E-state index is 12.0. The summed E-state index contributed by atoms with van der Waals surface area (Å²) >= 11 is 0. The Bertz CT molecular complexity index is 516. The lowest BCUT2D eigenvalue weighted by Gasteiger charge is -2.32. The minimum absolute atomic E-state index is 0.623. The number of nitrogens with one attached hydrogen (secondary N) is 2. The Labute approximate surface area is 125 Å². The molecule has 1 aromatic carbocycles. The second kappa shape index (κ2) is 6.69. The van der Waals surface area contributed by atoms with Gasteiger partial charge in [0, 0.05) is 31.9 Å². The number of aryl methyl sites for hydroxylation is 2. The van der Waals surface area contributed by atoms with Gasteiger partial charge in [0.25, 0.3) is 0 Å². The summed E-state index contributed by atoms with van der Waals surface area (Å²) in [6.07, 6.45) is 0. The zero-order valence-corrected chi connectivity index (χ0v) is 12.8. The number of likely N-dealkylation sites (N-methyl/N-ethyl adjacent to an activating group) is 1. The topological polar surface area (TPSA) is 64.7 Å². The molecule has 6 heteroatoms. The minimum Gasteiger partial charge on any atom is -0.317 e. The number of hydrogen-bond acceptors (Lipinski definition) is 4. The molecular weight excluding hydrogens is 268 g/mol. The van der Waals surface area contributed by atoms with E-state index in [1.54, 1.807) is 5.01 Å². The van der Waals surface area contributed by atoms with Crippen LogP contribution in [0.5, 0.6) is 0 Å². The van der Waals surface area contributed by atoms with Crippen LogP contribution in [0.15, 0.2) is 18.2 Å². The molecule has 1 aliphatic rings. The molecule has 0 radical (unpaired) electrons. The summed E-state index contributed by atoms with van der Waals surface area (Å²) in [5.74, 6) is -1.26. The average molecular weight is 290 g/mol. The molecule has 2 rings (SSSR count). The molecule has 0 atom stereocenters. The lowest BCUT2D eigenvalue weighted by Crippen LogP contribution is -2.54. The number of carbonyl (C=O) groups is 2. The highest BCUT2D eigenvalue weighted by Gasteiger charge is 2.20. The highest BCUT2D eigenvalue weighted by molar-refractivity contribution is 6.39. The van der Waals surface area contributed by atoms with Crippen LogP contribution in [0.3, 0.4) is 0 Å². The predicted molar refractivity (Wildman–Crippen MR) is 81.8 cm³/mol. The number of nitrogens with zero attached hydrogens (tertiary/aromatic N) is 2.